The van der Waals surface area contributed by atoms with Gasteiger partial charge in [-0.15, -0.1) is 5.10 Å². The molecule has 7 rings (SSSR count). The molecular formula is C32H36FN9O3. The zero-order chi connectivity index (χ0) is 31.3. The molecule has 0 radical (unpaired) electrons. The maximum absolute atomic E-state index is 15.3. The summed E-state index contributed by atoms with van der Waals surface area (Å²) in [4.78, 5) is 38.0. The van der Waals surface area contributed by atoms with Crippen molar-refractivity contribution in [1.29, 1.82) is 5.26 Å². The van der Waals surface area contributed by atoms with Crippen LogP contribution in [0.25, 0.3) is 11.1 Å². The first kappa shape index (κ1) is 29.3. The summed E-state index contributed by atoms with van der Waals surface area (Å²) >= 11 is 0. The number of pyridine rings is 1. The molecule has 234 valence electrons. The summed E-state index contributed by atoms with van der Waals surface area (Å²) < 4.78 is 22.3. The Morgan fingerprint density at radius 1 is 1.16 bits per heavy atom. The van der Waals surface area contributed by atoms with Crippen LogP contribution in [-0.4, -0.2) is 112 Å². The highest BCUT2D eigenvalue weighted by molar-refractivity contribution is 5.90. The van der Waals surface area contributed by atoms with Crippen molar-refractivity contribution in [2.45, 2.75) is 36.9 Å². The predicted molar refractivity (Wildman–Crippen MR) is 161 cm³/mol. The minimum absolute atomic E-state index is 0.0499. The number of likely N-dealkylation sites (tertiary alicyclic amines) is 2. The molecule has 0 bridgehead atoms. The summed E-state index contributed by atoms with van der Waals surface area (Å²) in [6.45, 7) is 4.02. The lowest BCUT2D eigenvalue weighted by molar-refractivity contribution is -0.132. The smallest absolute Gasteiger partial charge is 0.414 e. The second-order valence-corrected chi connectivity index (χ2v) is 12.8. The molecule has 5 heterocycles. The van der Waals surface area contributed by atoms with Gasteiger partial charge in [-0.25, -0.2) is 13.9 Å². The average Bonchev–Trinajstić information content (AvgIpc) is 3.54. The molecule has 0 N–H and O–H groups in total. The van der Waals surface area contributed by atoms with Crippen LogP contribution in [-0.2, 0) is 21.5 Å². The molecule has 45 heavy (non-hydrogen) atoms. The Balaban J connectivity index is 0.969. The largest absolute Gasteiger partial charge is 0.442 e. The van der Waals surface area contributed by atoms with Gasteiger partial charge in [0.25, 0.3) is 0 Å². The minimum atomic E-state index is -0.722. The molecule has 4 atom stereocenters. The van der Waals surface area contributed by atoms with Crippen molar-refractivity contribution in [2.75, 3.05) is 58.3 Å². The third kappa shape index (κ3) is 5.32. The number of nitriles is 1. The van der Waals surface area contributed by atoms with Crippen LogP contribution in [0.2, 0.25) is 0 Å². The number of amides is 2. The predicted octanol–water partition coefficient (Wildman–Crippen LogP) is 2.38. The maximum Gasteiger partial charge on any atom is 0.414 e. The molecule has 1 aromatic carbocycles. The molecule has 3 saturated heterocycles. The highest BCUT2D eigenvalue weighted by Gasteiger charge is 2.71. The number of halogens is 1. The van der Waals surface area contributed by atoms with Gasteiger partial charge in [0.15, 0.2) is 0 Å². The second kappa shape index (κ2) is 11.5. The van der Waals surface area contributed by atoms with Crippen LogP contribution in [0.4, 0.5) is 14.9 Å². The number of cyclic esters (lactones) is 1. The van der Waals surface area contributed by atoms with Gasteiger partial charge < -0.3 is 14.5 Å². The van der Waals surface area contributed by atoms with Crippen LogP contribution in [0.3, 0.4) is 0 Å². The fourth-order valence-corrected chi connectivity index (χ4v) is 7.39. The van der Waals surface area contributed by atoms with E-state index in [0.717, 1.165) is 25.9 Å². The lowest BCUT2D eigenvalue weighted by Gasteiger charge is -2.35. The average molecular weight is 614 g/mol. The van der Waals surface area contributed by atoms with Crippen molar-refractivity contribution in [3.8, 4) is 17.2 Å². The number of nitrogens with zero attached hydrogens (tertiary/aromatic N) is 9. The fraction of sp³-hybridized carbons (Fsp3) is 0.500. The Labute approximate surface area is 261 Å². The Morgan fingerprint density at radius 2 is 1.93 bits per heavy atom. The first-order valence-corrected chi connectivity index (χ1v) is 15.4. The van der Waals surface area contributed by atoms with E-state index >= 15 is 4.39 Å². The van der Waals surface area contributed by atoms with Crippen molar-refractivity contribution < 1.29 is 18.7 Å². The molecule has 0 spiro atoms. The third-order valence-corrected chi connectivity index (χ3v) is 10.1. The number of anilines is 1. The molecule has 0 unspecified atom stereocenters. The lowest BCUT2D eigenvalue weighted by Crippen LogP contribution is -2.47. The van der Waals surface area contributed by atoms with Crippen molar-refractivity contribution in [2.24, 2.45) is 11.8 Å². The highest BCUT2D eigenvalue weighted by atomic mass is 19.1. The monoisotopic (exact) mass is 613 g/mol. The van der Waals surface area contributed by atoms with Crippen LogP contribution < -0.4 is 4.90 Å². The van der Waals surface area contributed by atoms with E-state index in [1.165, 1.54) is 11.0 Å². The van der Waals surface area contributed by atoms with Gasteiger partial charge in [0.1, 0.15) is 17.3 Å². The van der Waals surface area contributed by atoms with Gasteiger partial charge in [0, 0.05) is 67.6 Å². The van der Waals surface area contributed by atoms with Gasteiger partial charge in [-0.3, -0.25) is 19.6 Å². The number of carbonyl (C=O) groups excluding carboxylic acids is 2. The van der Waals surface area contributed by atoms with E-state index in [4.69, 9.17) is 4.74 Å². The molecule has 4 fully saturated rings. The number of carbonyl (C=O) groups is 2. The molecule has 2 amide bonds. The van der Waals surface area contributed by atoms with Crippen LogP contribution in [0, 0.1) is 29.0 Å². The summed E-state index contributed by atoms with van der Waals surface area (Å²) in [7, 11) is 4.21. The molecule has 3 aromatic rings. The highest BCUT2D eigenvalue weighted by Crippen LogP contribution is 2.62. The van der Waals surface area contributed by atoms with Gasteiger partial charge in [-0.2, -0.15) is 5.26 Å². The first-order chi connectivity index (χ1) is 21.8. The van der Waals surface area contributed by atoms with E-state index in [0.29, 0.717) is 54.7 Å². The number of benzene rings is 1. The van der Waals surface area contributed by atoms with Crippen molar-refractivity contribution in [1.82, 2.24) is 34.7 Å². The zero-order valence-electron chi connectivity index (χ0n) is 25.4. The normalized spacial score (nSPS) is 26.6. The number of hydrogen-bond donors (Lipinski definition) is 0. The second-order valence-electron chi connectivity index (χ2n) is 12.8. The number of ether oxygens (including phenoxy) is 1. The van der Waals surface area contributed by atoms with E-state index < -0.39 is 23.4 Å². The Hall–Kier alpha value is -4.41. The van der Waals surface area contributed by atoms with Crippen molar-refractivity contribution in [3.05, 3.63) is 60.4 Å². The van der Waals surface area contributed by atoms with Gasteiger partial charge in [-0.1, -0.05) is 11.3 Å². The van der Waals surface area contributed by atoms with E-state index in [9.17, 15) is 14.9 Å². The summed E-state index contributed by atoms with van der Waals surface area (Å²) in [6, 6.07) is 11.3. The summed E-state index contributed by atoms with van der Waals surface area (Å²) in [5.41, 5.74) is 1.26. The Kier molecular flexibility index (Phi) is 7.49. The zero-order valence-corrected chi connectivity index (χ0v) is 25.4. The fourth-order valence-electron chi connectivity index (χ4n) is 7.39. The van der Waals surface area contributed by atoms with Gasteiger partial charge in [0.2, 0.25) is 5.91 Å². The lowest BCUT2D eigenvalue weighted by atomic mass is 9.95. The van der Waals surface area contributed by atoms with E-state index in [1.807, 2.05) is 4.90 Å². The first-order valence-electron chi connectivity index (χ1n) is 15.4. The Morgan fingerprint density at radius 3 is 2.56 bits per heavy atom. The van der Waals surface area contributed by atoms with Crippen LogP contribution in [0.15, 0.2) is 48.9 Å². The van der Waals surface area contributed by atoms with Gasteiger partial charge in [-0.05, 0) is 51.2 Å². The van der Waals surface area contributed by atoms with Crippen molar-refractivity contribution in [3.63, 3.8) is 0 Å². The molecule has 1 saturated carbocycles. The summed E-state index contributed by atoms with van der Waals surface area (Å²) in [5, 5.41) is 17.9. The van der Waals surface area contributed by atoms with E-state index in [2.05, 4.69) is 45.3 Å². The number of rotatable bonds is 8. The molecule has 4 aliphatic rings. The number of fused-ring (bicyclic) bond motifs is 1. The van der Waals surface area contributed by atoms with E-state index in [-0.39, 0.29) is 24.3 Å². The van der Waals surface area contributed by atoms with Crippen LogP contribution in [0.5, 0.6) is 0 Å². The maximum atomic E-state index is 15.3. The van der Waals surface area contributed by atoms with Crippen LogP contribution >= 0.6 is 0 Å². The van der Waals surface area contributed by atoms with E-state index in [1.54, 1.807) is 47.5 Å². The SMILES string of the molecule is CN(C)C1CCN(CC(=O)N2C[C@@H]3[C@H](C2)[C@@]3(C#N)c2ccc(-c3ccc(N4C[C@H](Cn5ccnn5)OC4=O)cc3F)cn2)CC1. The molecule has 1 aliphatic carbocycles. The molecule has 13 heteroatoms. The quantitative estimate of drug-likeness (QED) is 0.377. The Bertz CT molecular complexity index is 1600. The van der Waals surface area contributed by atoms with Gasteiger partial charge in [0.05, 0.1) is 43.3 Å². The standard InChI is InChI=1S/C32H36FN9O3/c1-38(2)22-7-10-39(11-8-22)19-30(43)40-17-26-27(18-40)32(26,20-34)29-6-3-21(14-35-29)25-5-4-23(13-28(25)33)42-16-24(45-31(42)44)15-41-12-9-36-37-41/h3-6,9,12-14,22,24,26-27H,7-8,10-11,15-19H2,1-2H3/t24-,26-,27+,32+/m0/s1. The topological polar surface area (TPSA) is 124 Å². The minimum Gasteiger partial charge on any atom is -0.442 e. The number of piperidine rings is 2. The van der Waals surface area contributed by atoms with Gasteiger partial charge >= 0.3 is 6.09 Å². The molecule has 12 nitrogen and oxygen atoms in total. The number of hydrogen-bond acceptors (Lipinski definition) is 9. The molecule has 3 aliphatic heterocycles. The molecule has 2 aromatic heterocycles. The summed E-state index contributed by atoms with van der Waals surface area (Å²) in [5.74, 6) is -0.261. The van der Waals surface area contributed by atoms with Crippen molar-refractivity contribution >= 4 is 17.7 Å². The van der Waals surface area contributed by atoms with Crippen LogP contribution in [0.1, 0.15) is 18.5 Å². The molecular weight excluding hydrogens is 577 g/mol. The third-order valence-electron chi connectivity index (χ3n) is 10.1. The number of aromatic nitrogens is 4. The summed E-state index contributed by atoms with van der Waals surface area (Å²) in [6.07, 6.45) is 6.00.